The summed E-state index contributed by atoms with van der Waals surface area (Å²) >= 11 is 0. The zero-order valence-electron chi connectivity index (χ0n) is 25.3. The van der Waals surface area contributed by atoms with E-state index in [9.17, 15) is 0 Å². The van der Waals surface area contributed by atoms with Crippen LogP contribution in [-0.4, -0.2) is 43.3 Å². The molecule has 0 spiro atoms. The highest BCUT2D eigenvalue weighted by atomic mass is 16.5. The second kappa shape index (κ2) is 10.5. The van der Waals surface area contributed by atoms with Crippen LogP contribution >= 0.6 is 0 Å². The van der Waals surface area contributed by atoms with Crippen LogP contribution in [0.15, 0.2) is 30.6 Å². The van der Waals surface area contributed by atoms with Gasteiger partial charge < -0.3 is 16.2 Å². The van der Waals surface area contributed by atoms with E-state index < -0.39 is 0 Å². The van der Waals surface area contributed by atoms with Gasteiger partial charge >= 0.3 is 0 Å². The zero-order chi connectivity index (χ0) is 28.8. The molecule has 0 saturated carbocycles. The zero-order valence-corrected chi connectivity index (χ0v) is 25.3. The molecular formula is C31H47N7O. The lowest BCUT2D eigenvalue weighted by molar-refractivity contribution is 0.0871. The van der Waals surface area contributed by atoms with Crippen molar-refractivity contribution in [2.45, 2.75) is 104 Å². The quantitative estimate of drug-likeness (QED) is 0.407. The maximum absolute atomic E-state index is 6.37. The average molecular weight is 534 g/mol. The van der Waals surface area contributed by atoms with Crippen LogP contribution in [0.3, 0.4) is 0 Å². The SMILES string of the molecule is CC(C)(C)c1cccc(COc2nc(-c3cn(C4CCN(C(C)(C)C)CC4)nc3N)cnc2N)c1C(C)(C)C. The first-order valence-electron chi connectivity index (χ1n) is 14.0. The first-order chi connectivity index (χ1) is 18.1. The Balaban J connectivity index is 1.56. The summed E-state index contributed by atoms with van der Waals surface area (Å²) in [4.78, 5) is 11.6. The van der Waals surface area contributed by atoms with E-state index in [0.29, 0.717) is 30.0 Å². The van der Waals surface area contributed by atoms with Gasteiger partial charge in [0.1, 0.15) is 6.61 Å². The van der Waals surface area contributed by atoms with Gasteiger partial charge in [0, 0.05) is 24.8 Å². The van der Waals surface area contributed by atoms with Crippen LogP contribution in [0.1, 0.15) is 97.9 Å². The number of nitrogens with two attached hydrogens (primary N) is 2. The summed E-state index contributed by atoms with van der Waals surface area (Å²) in [6.07, 6.45) is 5.69. The molecule has 212 valence electrons. The summed E-state index contributed by atoms with van der Waals surface area (Å²) in [6, 6.07) is 6.74. The second-order valence-electron chi connectivity index (χ2n) is 13.9. The van der Waals surface area contributed by atoms with Crippen LogP contribution in [-0.2, 0) is 17.4 Å². The summed E-state index contributed by atoms with van der Waals surface area (Å²) in [5, 5.41) is 4.65. The van der Waals surface area contributed by atoms with Gasteiger partial charge in [-0.05, 0) is 61.1 Å². The summed E-state index contributed by atoms with van der Waals surface area (Å²) < 4.78 is 8.22. The molecule has 2 aromatic heterocycles. The van der Waals surface area contributed by atoms with E-state index in [-0.39, 0.29) is 22.2 Å². The van der Waals surface area contributed by atoms with E-state index in [1.54, 1.807) is 6.20 Å². The van der Waals surface area contributed by atoms with Crippen LogP contribution in [0.2, 0.25) is 0 Å². The number of piperidine rings is 1. The molecule has 0 unspecified atom stereocenters. The summed E-state index contributed by atoms with van der Waals surface area (Å²) in [5.41, 5.74) is 17.8. The summed E-state index contributed by atoms with van der Waals surface area (Å²) in [7, 11) is 0. The molecule has 1 aromatic carbocycles. The number of nitrogens with zero attached hydrogens (tertiary/aromatic N) is 5. The van der Waals surface area contributed by atoms with Crippen LogP contribution in [0.5, 0.6) is 5.88 Å². The number of ether oxygens (including phenoxy) is 1. The average Bonchev–Trinajstić information content (AvgIpc) is 3.23. The van der Waals surface area contributed by atoms with Crippen LogP contribution in [0.4, 0.5) is 11.6 Å². The van der Waals surface area contributed by atoms with Crippen molar-refractivity contribution in [3.8, 4) is 17.1 Å². The monoisotopic (exact) mass is 533 g/mol. The van der Waals surface area contributed by atoms with Crippen molar-refractivity contribution in [1.82, 2.24) is 24.6 Å². The molecule has 1 aliphatic heterocycles. The smallest absolute Gasteiger partial charge is 0.258 e. The van der Waals surface area contributed by atoms with Gasteiger partial charge in [-0.25, -0.2) is 9.97 Å². The van der Waals surface area contributed by atoms with Gasteiger partial charge in [0.05, 0.1) is 23.5 Å². The molecule has 0 atom stereocenters. The van der Waals surface area contributed by atoms with Gasteiger partial charge in [0.2, 0.25) is 0 Å². The lowest BCUT2D eigenvalue weighted by atomic mass is 9.73. The van der Waals surface area contributed by atoms with Crippen molar-refractivity contribution >= 4 is 11.6 Å². The van der Waals surface area contributed by atoms with E-state index in [2.05, 4.69) is 95.5 Å². The number of nitrogen functional groups attached to an aromatic ring is 2. The lowest BCUT2D eigenvalue weighted by Gasteiger charge is -2.40. The van der Waals surface area contributed by atoms with Crippen molar-refractivity contribution in [3.05, 3.63) is 47.3 Å². The summed E-state index contributed by atoms with van der Waals surface area (Å²) in [5.74, 6) is 0.994. The highest BCUT2D eigenvalue weighted by molar-refractivity contribution is 5.70. The molecule has 1 saturated heterocycles. The molecule has 1 fully saturated rings. The minimum atomic E-state index is -0.0479. The second-order valence-corrected chi connectivity index (χ2v) is 13.9. The number of hydrogen-bond acceptors (Lipinski definition) is 7. The number of aromatic nitrogens is 4. The largest absolute Gasteiger partial charge is 0.470 e. The fourth-order valence-electron chi connectivity index (χ4n) is 5.59. The van der Waals surface area contributed by atoms with Gasteiger partial charge in [-0.3, -0.25) is 9.58 Å². The third-order valence-electron chi connectivity index (χ3n) is 7.66. The van der Waals surface area contributed by atoms with E-state index in [1.165, 1.54) is 11.1 Å². The van der Waals surface area contributed by atoms with E-state index in [4.69, 9.17) is 21.2 Å². The Kier molecular flexibility index (Phi) is 7.74. The topological polar surface area (TPSA) is 108 Å². The summed E-state index contributed by atoms with van der Waals surface area (Å²) in [6.45, 7) is 22.7. The molecular weight excluding hydrogens is 486 g/mol. The molecule has 3 heterocycles. The predicted molar refractivity (Wildman–Crippen MR) is 160 cm³/mol. The van der Waals surface area contributed by atoms with Gasteiger partial charge in [-0.2, -0.15) is 5.10 Å². The minimum absolute atomic E-state index is 0.0123. The number of rotatable bonds is 5. The van der Waals surface area contributed by atoms with Crippen LogP contribution < -0.4 is 16.2 Å². The molecule has 4 N–H and O–H groups in total. The molecule has 0 amide bonds. The third-order valence-corrected chi connectivity index (χ3v) is 7.66. The standard InChI is InChI=1S/C31H47N7O/c1-29(2,3)23-12-10-11-20(25(23)30(4,5)6)19-39-28-27(33)34-17-24(35-28)22-18-38(36-26(22)32)21-13-15-37(16-14-21)31(7,8)9/h10-12,17-18,21H,13-16,19H2,1-9H3,(H2,32,36)(H2,33,34). The fraction of sp³-hybridized carbons (Fsp3) is 0.581. The molecule has 4 rings (SSSR count). The highest BCUT2D eigenvalue weighted by Gasteiger charge is 2.30. The highest BCUT2D eigenvalue weighted by Crippen LogP contribution is 2.37. The first-order valence-corrected chi connectivity index (χ1v) is 14.0. The van der Waals surface area contributed by atoms with Gasteiger partial charge in [-0.1, -0.05) is 59.7 Å². The number of anilines is 2. The van der Waals surface area contributed by atoms with Gasteiger partial charge in [0.25, 0.3) is 5.88 Å². The van der Waals surface area contributed by atoms with Crippen LogP contribution in [0, 0.1) is 0 Å². The van der Waals surface area contributed by atoms with Crippen molar-refractivity contribution in [2.24, 2.45) is 0 Å². The Morgan fingerprint density at radius 2 is 1.59 bits per heavy atom. The van der Waals surface area contributed by atoms with Crippen molar-refractivity contribution in [2.75, 3.05) is 24.6 Å². The Hall–Kier alpha value is -3.13. The Labute approximate surface area is 234 Å². The lowest BCUT2D eigenvalue weighted by Crippen LogP contribution is -2.46. The Bertz CT molecular complexity index is 1300. The van der Waals surface area contributed by atoms with Gasteiger partial charge in [-0.15, -0.1) is 0 Å². The van der Waals surface area contributed by atoms with Gasteiger partial charge in [0.15, 0.2) is 11.6 Å². The number of benzene rings is 1. The molecule has 8 heteroatoms. The minimum Gasteiger partial charge on any atom is -0.470 e. The van der Waals surface area contributed by atoms with Crippen molar-refractivity contribution in [3.63, 3.8) is 0 Å². The Morgan fingerprint density at radius 1 is 0.923 bits per heavy atom. The molecule has 8 nitrogen and oxygen atoms in total. The van der Waals surface area contributed by atoms with E-state index in [0.717, 1.165) is 37.1 Å². The van der Waals surface area contributed by atoms with Crippen molar-refractivity contribution < 1.29 is 4.74 Å². The first kappa shape index (κ1) is 28.9. The molecule has 39 heavy (non-hydrogen) atoms. The fourth-order valence-corrected chi connectivity index (χ4v) is 5.59. The number of likely N-dealkylation sites (tertiary alicyclic amines) is 1. The molecule has 3 aromatic rings. The molecule has 0 bridgehead atoms. The predicted octanol–water partition coefficient (Wildman–Crippen LogP) is 6.11. The molecule has 1 aliphatic rings. The molecule has 0 aliphatic carbocycles. The van der Waals surface area contributed by atoms with Crippen LogP contribution in [0.25, 0.3) is 11.3 Å². The van der Waals surface area contributed by atoms with E-state index >= 15 is 0 Å². The molecule has 0 radical (unpaired) electrons. The third kappa shape index (κ3) is 6.38. The number of hydrogen-bond donors (Lipinski definition) is 2. The maximum Gasteiger partial charge on any atom is 0.258 e. The maximum atomic E-state index is 6.37. The van der Waals surface area contributed by atoms with Crippen molar-refractivity contribution in [1.29, 1.82) is 0 Å². The normalized spacial score (nSPS) is 16.0. The Morgan fingerprint density at radius 3 is 2.18 bits per heavy atom. The van der Waals surface area contributed by atoms with E-state index in [1.807, 2.05) is 10.9 Å².